The van der Waals surface area contributed by atoms with Crippen molar-refractivity contribution in [3.05, 3.63) is 68.5 Å². The zero-order chi connectivity index (χ0) is 20.3. The molecule has 0 aliphatic heterocycles. The number of carbonyl (C=O) groups is 2. The molecule has 0 aliphatic rings. The van der Waals surface area contributed by atoms with Gasteiger partial charge >= 0.3 is 5.97 Å². The zero-order valence-corrected chi connectivity index (χ0v) is 14.2. The summed E-state index contributed by atoms with van der Waals surface area (Å²) in [6.07, 6.45) is -1.50. The highest BCUT2D eigenvalue weighted by atomic mass is 35.5. The standard InChI is InChI=1S/C16H10ClF3N2O5/c1-7(15(23)21-12-5-4-11(18)13(19)14(12)20)27-16(24)9-6-8(22(25)26)2-3-10(9)17/h2-7H,1H3,(H,21,23)/t7-/m1/s1. The minimum Gasteiger partial charge on any atom is -0.449 e. The molecule has 0 aromatic heterocycles. The third-order valence-corrected chi connectivity index (χ3v) is 3.66. The Bertz CT molecular complexity index is 939. The number of nitro benzene ring substituents is 1. The lowest BCUT2D eigenvalue weighted by molar-refractivity contribution is -0.384. The molecule has 7 nitrogen and oxygen atoms in total. The van der Waals surface area contributed by atoms with Crippen molar-refractivity contribution in [2.24, 2.45) is 0 Å². The van der Waals surface area contributed by atoms with Gasteiger partial charge in [-0.2, -0.15) is 0 Å². The highest BCUT2D eigenvalue weighted by molar-refractivity contribution is 6.33. The quantitative estimate of drug-likeness (QED) is 0.354. The van der Waals surface area contributed by atoms with Crippen LogP contribution in [0.5, 0.6) is 0 Å². The first-order valence-electron chi connectivity index (χ1n) is 7.21. The molecule has 0 saturated heterocycles. The molecule has 0 unspecified atom stereocenters. The van der Waals surface area contributed by atoms with Crippen molar-refractivity contribution in [3.63, 3.8) is 0 Å². The molecule has 0 heterocycles. The van der Waals surface area contributed by atoms with E-state index >= 15 is 0 Å². The van der Waals surface area contributed by atoms with Gasteiger partial charge in [0.05, 0.1) is 21.2 Å². The molecule has 0 radical (unpaired) electrons. The van der Waals surface area contributed by atoms with E-state index in [9.17, 15) is 32.9 Å². The minimum atomic E-state index is -1.78. The molecule has 2 aromatic rings. The number of benzene rings is 2. The van der Waals surface area contributed by atoms with Crippen molar-refractivity contribution in [2.45, 2.75) is 13.0 Å². The van der Waals surface area contributed by atoms with Crippen molar-refractivity contribution in [1.29, 1.82) is 0 Å². The Hall–Kier alpha value is -3.14. The molecular formula is C16H10ClF3N2O5. The van der Waals surface area contributed by atoms with Crippen LogP contribution in [0.4, 0.5) is 24.5 Å². The fourth-order valence-corrected chi connectivity index (χ4v) is 2.11. The van der Waals surface area contributed by atoms with Crippen LogP contribution in [0.25, 0.3) is 0 Å². The van der Waals surface area contributed by atoms with Crippen LogP contribution in [0.15, 0.2) is 30.3 Å². The molecule has 11 heteroatoms. The molecule has 1 N–H and O–H groups in total. The number of carbonyl (C=O) groups excluding carboxylic acids is 2. The molecular weight excluding hydrogens is 393 g/mol. The number of nitro groups is 1. The van der Waals surface area contributed by atoms with Gasteiger partial charge in [0.25, 0.3) is 11.6 Å². The average molecular weight is 403 g/mol. The highest BCUT2D eigenvalue weighted by Crippen LogP contribution is 2.24. The van der Waals surface area contributed by atoms with E-state index < -0.39 is 51.7 Å². The monoisotopic (exact) mass is 402 g/mol. The molecule has 0 saturated carbocycles. The lowest BCUT2D eigenvalue weighted by Gasteiger charge is -2.14. The normalized spacial score (nSPS) is 11.6. The second kappa shape index (κ2) is 8.04. The number of amides is 1. The van der Waals surface area contributed by atoms with Gasteiger partial charge in [0.2, 0.25) is 0 Å². The van der Waals surface area contributed by atoms with Crippen LogP contribution in [-0.4, -0.2) is 22.9 Å². The second-order valence-corrected chi connectivity index (χ2v) is 5.59. The summed E-state index contributed by atoms with van der Waals surface area (Å²) < 4.78 is 44.4. The molecule has 1 atom stereocenters. The summed E-state index contributed by atoms with van der Waals surface area (Å²) in [6.45, 7) is 1.12. The maximum absolute atomic E-state index is 13.6. The summed E-state index contributed by atoms with van der Waals surface area (Å²) in [5, 5.41) is 12.5. The molecule has 1 amide bonds. The van der Waals surface area contributed by atoms with Crippen molar-refractivity contribution in [2.75, 3.05) is 5.32 Å². The van der Waals surface area contributed by atoms with E-state index in [-0.39, 0.29) is 10.6 Å². The second-order valence-electron chi connectivity index (χ2n) is 5.18. The number of nitrogens with zero attached hydrogens (tertiary/aromatic N) is 1. The van der Waals surface area contributed by atoms with Crippen molar-refractivity contribution < 1.29 is 32.4 Å². The Morgan fingerprint density at radius 1 is 1.19 bits per heavy atom. The molecule has 27 heavy (non-hydrogen) atoms. The van der Waals surface area contributed by atoms with E-state index in [1.807, 2.05) is 5.32 Å². The molecule has 2 rings (SSSR count). The molecule has 142 valence electrons. The van der Waals surface area contributed by atoms with Crippen LogP contribution in [-0.2, 0) is 9.53 Å². The number of halogens is 4. The number of ether oxygens (including phenoxy) is 1. The van der Waals surface area contributed by atoms with E-state index in [1.165, 1.54) is 0 Å². The third kappa shape index (κ3) is 4.53. The van der Waals surface area contributed by atoms with Crippen molar-refractivity contribution in [3.8, 4) is 0 Å². The summed E-state index contributed by atoms with van der Waals surface area (Å²) in [7, 11) is 0. The summed E-state index contributed by atoms with van der Waals surface area (Å²) in [6, 6.07) is 4.44. The molecule has 0 fully saturated rings. The third-order valence-electron chi connectivity index (χ3n) is 3.33. The molecule has 0 spiro atoms. The first-order chi connectivity index (χ1) is 12.6. The van der Waals surface area contributed by atoms with Gasteiger partial charge in [-0.15, -0.1) is 0 Å². The van der Waals surface area contributed by atoms with E-state index in [4.69, 9.17) is 16.3 Å². The summed E-state index contributed by atoms with van der Waals surface area (Å²) in [4.78, 5) is 34.1. The first-order valence-corrected chi connectivity index (χ1v) is 7.59. The van der Waals surface area contributed by atoms with E-state index in [1.54, 1.807) is 0 Å². The van der Waals surface area contributed by atoms with Gasteiger partial charge < -0.3 is 10.1 Å². The summed E-state index contributed by atoms with van der Waals surface area (Å²) in [5.41, 5.74) is -1.44. The maximum Gasteiger partial charge on any atom is 0.340 e. The Kier molecular flexibility index (Phi) is 6.01. The fourth-order valence-electron chi connectivity index (χ4n) is 1.92. The number of non-ortho nitro benzene ring substituents is 1. The Morgan fingerprint density at radius 3 is 2.48 bits per heavy atom. The van der Waals surface area contributed by atoms with Crippen LogP contribution in [0.2, 0.25) is 5.02 Å². The Balaban J connectivity index is 2.13. The molecule has 0 aliphatic carbocycles. The number of hydrogen-bond donors (Lipinski definition) is 1. The molecule has 2 aromatic carbocycles. The van der Waals surface area contributed by atoms with Crippen LogP contribution < -0.4 is 5.32 Å². The van der Waals surface area contributed by atoms with Gasteiger partial charge in [-0.25, -0.2) is 18.0 Å². The van der Waals surface area contributed by atoms with Gasteiger partial charge in [-0.3, -0.25) is 14.9 Å². The number of esters is 1. The SMILES string of the molecule is C[C@@H](OC(=O)c1cc([N+](=O)[O-])ccc1Cl)C(=O)Nc1ccc(F)c(F)c1F. The van der Waals surface area contributed by atoms with E-state index in [0.717, 1.165) is 31.2 Å². The van der Waals surface area contributed by atoms with Crippen LogP contribution >= 0.6 is 11.6 Å². The van der Waals surface area contributed by atoms with Gasteiger partial charge in [0, 0.05) is 12.1 Å². The Morgan fingerprint density at radius 2 is 1.85 bits per heavy atom. The van der Waals surface area contributed by atoms with E-state index in [0.29, 0.717) is 6.07 Å². The summed E-state index contributed by atoms with van der Waals surface area (Å²) in [5.74, 6) is -7.03. The zero-order valence-electron chi connectivity index (χ0n) is 13.5. The van der Waals surface area contributed by atoms with Gasteiger partial charge in [0.1, 0.15) is 0 Å². The summed E-state index contributed by atoms with van der Waals surface area (Å²) >= 11 is 5.79. The number of anilines is 1. The topological polar surface area (TPSA) is 98.5 Å². The number of hydrogen-bond acceptors (Lipinski definition) is 5. The van der Waals surface area contributed by atoms with E-state index in [2.05, 4.69) is 0 Å². The van der Waals surface area contributed by atoms with Gasteiger partial charge in [-0.05, 0) is 25.1 Å². The number of nitrogens with one attached hydrogen (secondary N) is 1. The van der Waals surface area contributed by atoms with Crippen molar-refractivity contribution >= 4 is 34.9 Å². The average Bonchev–Trinajstić information content (AvgIpc) is 2.62. The minimum absolute atomic E-state index is 0.148. The highest BCUT2D eigenvalue weighted by Gasteiger charge is 2.24. The predicted octanol–water partition coefficient (Wildman–Crippen LogP) is 3.85. The Labute approximate surface area is 154 Å². The van der Waals surface area contributed by atoms with Crippen molar-refractivity contribution in [1.82, 2.24) is 0 Å². The molecule has 0 bridgehead atoms. The largest absolute Gasteiger partial charge is 0.449 e. The van der Waals surface area contributed by atoms with Gasteiger partial charge in [-0.1, -0.05) is 11.6 Å². The predicted molar refractivity (Wildman–Crippen MR) is 87.9 cm³/mol. The van der Waals surface area contributed by atoms with Crippen LogP contribution in [0.3, 0.4) is 0 Å². The lowest BCUT2D eigenvalue weighted by atomic mass is 10.2. The van der Waals surface area contributed by atoms with Crippen LogP contribution in [0.1, 0.15) is 17.3 Å². The maximum atomic E-state index is 13.6. The lowest BCUT2D eigenvalue weighted by Crippen LogP contribution is -2.30. The van der Waals surface area contributed by atoms with Gasteiger partial charge in [0.15, 0.2) is 23.6 Å². The van der Waals surface area contributed by atoms with Crippen LogP contribution in [0, 0.1) is 27.6 Å². The fraction of sp³-hybridized carbons (Fsp3) is 0.125. The number of rotatable bonds is 5. The smallest absolute Gasteiger partial charge is 0.340 e. The first kappa shape index (κ1) is 20.2.